The van der Waals surface area contributed by atoms with E-state index < -0.39 is 11.6 Å². The maximum Gasteiger partial charge on any atom is 0.253 e. The van der Waals surface area contributed by atoms with Crippen LogP contribution < -0.4 is 5.56 Å². The predicted octanol–water partition coefficient (Wildman–Crippen LogP) is 5.92. The fourth-order valence-electron chi connectivity index (χ4n) is 4.80. The van der Waals surface area contributed by atoms with Crippen LogP contribution in [0.1, 0.15) is 60.7 Å². The van der Waals surface area contributed by atoms with E-state index in [1.54, 1.807) is 10.9 Å². The van der Waals surface area contributed by atoms with Gasteiger partial charge >= 0.3 is 0 Å². The molecule has 0 unspecified atom stereocenters. The van der Waals surface area contributed by atoms with Crippen LogP contribution in [0, 0.1) is 13.8 Å². The van der Waals surface area contributed by atoms with Gasteiger partial charge in [-0.25, -0.2) is 4.68 Å². The van der Waals surface area contributed by atoms with Gasteiger partial charge in [0, 0.05) is 22.5 Å². The monoisotopic (exact) mass is 530 g/mol. The molecular weight excluding hydrogens is 500 g/mol. The number of halogens is 1. The molecule has 0 aliphatic carbocycles. The van der Waals surface area contributed by atoms with Gasteiger partial charge in [0.1, 0.15) is 11.8 Å². The summed E-state index contributed by atoms with van der Waals surface area (Å²) >= 11 is 6.17. The summed E-state index contributed by atoms with van der Waals surface area (Å²) in [7, 11) is 0. The zero-order chi connectivity index (χ0) is 27.0. The summed E-state index contributed by atoms with van der Waals surface area (Å²) in [6.45, 7) is 11.1. The molecule has 38 heavy (non-hydrogen) atoms. The molecule has 3 aromatic heterocycles. The number of fused-ring (bicyclic) bond motifs is 1. The van der Waals surface area contributed by atoms with Crippen molar-refractivity contribution in [2.45, 2.75) is 59.3 Å². The maximum absolute atomic E-state index is 13.8. The highest BCUT2D eigenvalue weighted by Crippen LogP contribution is 2.33. The lowest BCUT2D eigenvalue weighted by atomic mass is 9.98. The second kappa shape index (κ2) is 10.2. The lowest BCUT2D eigenvalue weighted by Gasteiger charge is -2.32. The number of nitrogens with one attached hydrogen (secondary N) is 1. The summed E-state index contributed by atoms with van der Waals surface area (Å²) in [4.78, 5) is 19.1. The van der Waals surface area contributed by atoms with E-state index in [1.165, 1.54) is 0 Å². The largest absolute Gasteiger partial charge is 0.468 e. The number of H-pyrrole nitrogens is 1. The average molecular weight is 531 g/mol. The van der Waals surface area contributed by atoms with E-state index in [0.717, 1.165) is 33.4 Å². The Kier molecular flexibility index (Phi) is 6.94. The molecule has 0 radical (unpaired) electrons. The SMILES string of the molecule is Cc1ccc(C)c2[nH]c(=O)c([C@H](c3nnnn3C(C)(C)C)N(Cc3ccc(Cl)cc3)Cc3ccco3)cc12. The van der Waals surface area contributed by atoms with Crippen LogP contribution in [-0.2, 0) is 18.6 Å². The summed E-state index contributed by atoms with van der Waals surface area (Å²) in [5.41, 5.74) is 3.93. The fraction of sp³-hybridized carbons (Fsp3) is 0.310. The zero-order valence-corrected chi connectivity index (χ0v) is 23.0. The number of furan rings is 1. The minimum Gasteiger partial charge on any atom is -0.468 e. The number of benzene rings is 2. The van der Waals surface area contributed by atoms with E-state index in [-0.39, 0.29) is 5.56 Å². The summed E-state index contributed by atoms with van der Waals surface area (Å²) in [5, 5.41) is 14.5. The number of nitrogens with zero attached hydrogens (tertiary/aromatic N) is 5. The molecule has 0 spiro atoms. The number of rotatable bonds is 7. The third kappa shape index (κ3) is 5.14. The quantitative estimate of drug-likeness (QED) is 0.280. The highest BCUT2D eigenvalue weighted by molar-refractivity contribution is 6.30. The summed E-state index contributed by atoms with van der Waals surface area (Å²) in [6, 6.07) is 17.0. The molecule has 0 bridgehead atoms. The number of aromatic amines is 1. The standard InChI is InChI=1S/C29H31ClN6O2/c1-18-8-9-19(2)25-23(18)15-24(28(37)31-25)26(27-32-33-34-36(27)29(3,4)5)35(17-22-7-6-14-38-22)16-20-10-12-21(30)13-11-20/h6-15,26H,16-17H2,1-5H3,(H,31,37)/t26-/m1/s1. The molecule has 0 aliphatic rings. The molecule has 0 saturated heterocycles. The lowest BCUT2D eigenvalue weighted by Crippen LogP contribution is -2.37. The maximum atomic E-state index is 13.8. The minimum absolute atomic E-state index is 0.180. The molecule has 196 valence electrons. The van der Waals surface area contributed by atoms with Gasteiger partial charge in [-0.1, -0.05) is 35.9 Å². The van der Waals surface area contributed by atoms with Crippen molar-refractivity contribution in [2.24, 2.45) is 0 Å². The minimum atomic E-state index is -0.571. The molecular formula is C29H31ClN6O2. The van der Waals surface area contributed by atoms with Crippen LogP contribution in [-0.4, -0.2) is 30.1 Å². The number of hydrogen-bond donors (Lipinski definition) is 1. The molecule has 0 fully saturated rings. The summed E-state index contributed by atoms with van der Waals surface area (Å²) < 4.78 is 7.54. The Morgan fingerprint density at radius 3 is 2.47 bits per heavy atom. The van der Waals surface area contributed by atoms with Crippen molar-refractivity contribution in [3.05, 3.63) is 110 Å². The Morgan fingerprint density at radius 2 is 1.79 bits per heavy atom. The second-order valence-electron chi connectivity index (χ2n) is 10.7. The zero-order valence-electron chi connectivity index (χ0n) is 22.2. The van der Waals surface area contributed by atoms with Crippen LogP contribution >= 0.6 is 11.6 Å². The van der Waals surface area contributed by atoms with Gasteiger partial charge in [0.2, 0.25) is 0 Å². The Morgan fingerprint density at radius 1 is 1.05 bits per heavy atom. The molecule has 0 saturated carbocycles. The first kappa shape index (κ1) is 25.9. The van der Waals surface area contributed by atoms with Crippen molar-refractivity contribution >= 4 is 22.5 Å². The molecule has 1 atom stereocenters. The normalized spacial score (nSPS) is 12.9. The van der Waals surface area contributed by atoms with Crippen LogP contribution in [0.5, 0.6) is 0 Å². The van der Waals surface area contributed by atoms with Gasteiger partial charge in [0.25, 0.3) is 5.56 Å². The van der Waals surface area contributed by atoms with Gasteiger partial charge in [-0.05, 0) is 92.1 Å². The van der Waals surface area contributed by atoms with E-state index in [1.807, 2.05) is 83.1 Å². The van der Waals surface area contributed by atoms with Gasteiger partial charge in [-0.15, -0.1) is 5.10 Å². The van der Waals surface area contributed by atoms with E-state index in [0.29, 0.717) is 29.5 Å². The molecule has 5 rings (SSSR count). The van der Waals surface area contributed by atoms with Crippen molar-refractivity contribution in [3.8, 4) is 0 Å². The van der Waals surface area contributed by atoms with E-state index >= 15 is 0 Å². The first-order valence-corrected chi connectivity index (χ1v) is 12.9. The second-order valence-corrected chi connectivity index (χ2v) is 11.1. The van der Waals surface area contributed by atoms with E-state index in [2.05, 4.69) is 31.5 Å². The third-order valence-electron chi connectivity index (χ3n) is 6.74. The van der Waals surface area contributed by atoms with Crippen LogP contribution in [0.3, 0.4) is 0 Å². The third-order valence-corrected chi connectivity index (χ3v) is 7.00. The summed E-state index contributed by atoms with van der Waals surface area (Å²) in [6.07, 6.45) is 1.65. The number of tetrazole rings is 1. The molecule has 0 aliphatic heterocycles. The number of hydrogen-bond acceptors (Lipinski definition) is 6. The first-order chi connectivity index (χ1) is 18.1. The van der Waals surface area contributed by atoms with Crippen LogP contribution in [0.25, 0.3) is 10.9 Å². The van der Waals surface area contributed by atoms with Gasteiger partial charge in [-0.3, -0.25) is 9.69 Å². The van der Waals surface area contributed by atoms with Crippen molar-refractivity contribution in [1.29, 1.82) is 0 Å². The molecule has 5 aromatic rings. The average Bonchev–Trinajstić information content (AvgIpc) is 3.56. The molecule has 8 nitrogen and oxygen atoms in total. The number of pyridine rings is 1. The Labute approximate surface area is 226 Å². The predicted molar refractivity (Wildman–Crippen MR) is 148 cm³/mol. The molecule has 1 N–H and O–H groups in total. The van der Waals surface area contributed by atoms with E-state index in [4.69, 9.17) is 16.0 Å². The van der Waals surface area contributed by atoms with Crippen LogP contribution in [0.15, 0.2) is 70.1 Å². The topological polar surface area (TPSA) is 92.8 Å². The van der Waals surface area contributed by atoms with Gasteiger partial charge in [-0.2, -0.15) is 0 Å². The number of aryl methyl sites for hydroxylation is 2. The van der Waals surface area contributed by atoms with Crippen molar-refractivity contribution in [3.63, 3.8) is 0 Å². The highest BCUT2D eigenvalue weighted by atomic mass is 35.5. The van der Waals surface area contributed by atoms with Gasteiger partial charge < -0.3 is 9.40 Å². The van der Waals surface area contributed by atoms with Crippen LogP contribution in [0.4, 0.5) is 0 Å². The molecule has 0 amide bonds. The molecule has 3 heterocycles. The van der Waals surface area contributed by atoms with Crippen molar-refractivity contribution < 1.29 is 4.42 Å². The lowest BCUT2D eigenvalue weighted by molar-refractivity contribution is 0.171. The number of aromatic nitrogens is 5. The van der Waals surface area contributed by atoms with Crippen molar-refractivity contribution in [1.82, 2.24) is 30.1 Å². The molecule has 9 heteroatoms. The van der Waals surface area contributed by atoms with Gasteiger partial charge in [0.15, 0.2) is 5.82 Å². The first-order valence-electron chi connectivity index (χ1n) is 12.5. The Bertz CT molecular complexity index is 1610. The van der Waals surface area contributed by atoms with Crippen LogP contribution in [0.2, 0.25) is 5.02 Å². The summed E-state index contributed by atoms with van der Waals surface area (Å²) in [5.74, 6) is 1.34. The Hall–Kier alpha value is -3.75. The van der Waals surface area contributed by atoms with E-state index in [9.17, 15) is 4.79 Å². The fourth-order valence-corrected chi connectivity index (χ4v) is 4.93. The highest BCUT2D eigenvalue weighted by Gasteiger charge is 2.34. The van der Waals surface area contributed by atoms with Gasteiger partial charge in [0.05, 0.1) is 23.9 Å². The smallest absolute Gasteiger partial charge is 0.253 e. The van der Waals surface area contributed by atoms with Crippen molar-refractivity contribution in [2.75, 3.05) is 0 Å². The Balaban J connectivity index is 1.75. The molecule has 2 aromatic carbocycles.